The van der Waals surface area contributed by atoms with Crippen molar-refractivity contribution in [2.75, 3.05) is 12.8 Å². The summed E-state index contributed by atoms with van der Waals surface area (Å²) in [4.78, 5) is 22.8. The van der Waals surface area contributed by atoms with Crippen LogP contribution in [0, 0.1) is 10.1 Å². The Kier molecular flexibility index (Phi) is 5.44. The minimum Gasteiger partial charge on any atom is -0.490 e. The van der Waals surface area contributed by atoms with Gasteiger partial charge in [0.2, 0.25) is 5.88 Å². The maximum absolute atomic E-state index is 13.0. The molecule has 0 unspecified atom stereocenters. The standard InChI is InChI=1S/C21H16N4O7S/c1-31-18-9-7-15(11-17(18)25(27)28)21(26)32-20-12-19(22)24(23-20)33(29,30)16-8-6-13-4-2-3-5-14(13)10-16/h2-12H,22H2,1H3. The topological polar surface area (TPSA) is 157 Å². The predicted octanol–water partition coefficient (Wildman–Crippen LogP) is 2.99. The molecule has 0 bridgehead atoms. The van der Waals surface area contributed by atoms with Crippen molar-refractivity contribution >= 4 is 38.3 Å². The Hall–Kier alpha value is -4.45. The highest BCUT2D eigenvalue weighted by atomic mass is 32.2. The number of aromatic nitrogens is 2. The molecule has 4 aromatic rings. The van der Waals surface area contributed by atoms with Crippen molar-refractivity contribution in [3.05, 3.63) is 82.4 Å². The minimum atomic E-state index is -4.18. The summed E-state index contributed by atoms with van der Waals surface area (Å²) in [5, 5.41) is 16.5. The highest BCUT2D eigenvalue weighted by molar-refractivity contribution is 7.90. The number of carbonyl (C=O) groups excluding carboxylic acids is 1. The number of fused-ring (bicyclic) bond motifs is 1. The van der Waals surface area contributed by atoms with Gasteiger partial charge in [-0.3, -0.25) is 10.1 Å². The van der Waals surface area contributed by atoms with Gasteiger partial charge in [0.15, 0.2) is 5.75 Å². The fourth-order valence-electron chi connectivity index (χ4n) is 3.14. The van der Waals surface area contributed by atoms with E-state index in [0.29, 0.717) is 9.47 Å². The largest absolute Gasteiger partial charge is 0.490 e. The lowest BCUT2D eigenvalue weighted by Crippen LogP contribution is -2.17. The van der Waals surface area contributed by atoms with Gasteiger partial charge in [0.25, 0.3) is 10.0 Å². The Bertz CT molecular complexity index is 1510. The lowest BCUT2D eigenvalue weighted by Gasteiger charge is -2.07. The number of nitro benzene ring substituents is 1. The molecule has 11 nitrogen and oxygen atoms in total. The van der Waals surface area contributed by atoms with Crippen molar-refractivity contribution in [1.29, 1.82) is 0 Å². The molecule has 0 atom stereocenters. The van der Waals surface area contributed by atoms with Crippen LogP contribution < -0.4 is 15.2 Å². The van der Waals surface area contributed by atoms with Gasteiger partial charge >= 0.3 is 11.7 Å². The van der Waals surface area contributed by atoms with E-state index in [-0.39, 0.29) is 27.9 Å². The van der Waals surface area contributed by atoms with Crippen LogP contribution in [-0.2, 0) is 10.0 Å². The van der Waals surface area contributed by atoms with E-state index in [1.165, 1.54) is 31.4 Å². The molecule has 33 heavy (non-hydrogen) atoms. The Labute approximate surface area is 187 Å². The third kappa shape index (κ3) is 4.06. The third-order valence-electron chi connectivity index (χ3n) is 4.74. The number of rotatable bonds is 6. The number of nitro groups is 1. The summed E-state index contributed by atoms with van der Waals surface area (Å²) in [5.41, 5.74) is 5.22. The average Bonchev–Trinajstić information content (AvgIpc) is 3.18. The first kappa shape index (κ1) is 21.8. The normalized spacial score (nSPS) is 11.3. The summed E-state index contributed by atoms with van der Waals surface area (Å²) < 4.78 is 36.6. The molecule has 1 heterocycles. The second-order valence-corrected chi connectivity index (χ2v) is 8.57. The smallest absolute Gasteiger partial charge is 0.345 e. The molecule has 0 amide bonds. The molecule has 2 N–H and O–H groups in total. The maximum Gasteiger partial charge on any atom is 0.345 e. The van der Waals surface area contributed by atoms with Gasteiger partial charge in [0.1, 0.15) is 5.82 Å². The van der Waals surface area contributed by atoms with Crippen molar-refractivity contribution in [2.45, 2.75) is 4.90 Å². The van der Waals surface area contributed by atoms with E-state index in [1.54, 1.807) is 18.2 Å². The van der Waals surface area contributed by atoms with Crippen LogP contribution in [0.2, 0.25) is 0 Å². The molecule has 168 valence electrons. The molecule has 0 radical (unpaired) electrons. The third-order valence-corrected chi connectivity index (χ3v) is 6.33. The highest BCUT2D eigenvalue weighted by Gasteiger charge is 2.24. The highest BCUT2D eigenvalue weighted by Crippen LogP contribution is 2.29. The minimum absolute atomic E-state index is 0.0356. The van der Waals surface area contributed by atoms with Crippen LogP contribution in [0.3, 0.4) is 0 Å². The van der Waals surface area contributed by atoms with Crippen LogP contribution in [0.5, 0.6) is 11.6 Å². The van der Waals surface area contributed by atoms with E-state index in [0.717, 1.165) is 17.5 Å². The first-order valence-corrected chi connectivity index (χ1v) is 10.8. The predicted molar refractivity (Wildman–Crippen MR) is 118 cm³/mol. The average molecular weight is 468 g/mol. The van der Waals surface area contributed by atoms with Gasteiger partial charge in [-0.05, 0) is 35.0 Å². The van der Waals surface area contributed by atoms with Gasteiger partial charge in [-0.15, -0.1) is 9.19 Å². The van der Waals surface area contributed by atoms with Gasteiger partial charge in [-0.2, -0.15) is 8.42 Å². The Morgan fingerprint density at radius 3 is 2.48 bits per heavy atom. The Morgan fingerprint density at radius 1 is 1.06 bits per heavy atom. The Balaban J connectivity index is 1.63. The van der Waals surface area contributed by atoms with E-state index in [2.05, 4.69) is 5.10 Å². The maximum atomic E-state index is 13.0. The number of nitrogens with zero attached hydrogens (tertiary/aromatic N) is 3. The van der Waals surface area contributed by atoms with E-state index in [9.17, 15) is 23.3 Å². The number of anilines is 1. The van der Waals surface area contributed by atoms with Crippen LogP contribution in [0.25, 0.3) is 10.8 Å². The number of esters is 1. The number of carbonyl (C=O) groups is 1. The summed E-state index contributed by atoms with van der Waals surface area (Å²) in [6.45, 7) is 0. The first-order chi connectivity index (χ1) is 15.7. The molecule has 0 saturated heterocycles. The summed E-state index contributed by atoms with van der Waals surface area (Å²) in [6, 6.07) is 16.3. The molecular weight excluding hydrogens is 452 g/mol. The summed E-state index contributed by atoms with van der Waals surface area (Å²) in [7, 11) is -2.93. The van der Waals surface area contributed by atoms with Crippen LogP contribution in [-0.4, -0.2) is 35.6 Å². The molecule has 4 rings (SSSR count). The SMILES string of the molecule is COc1ccc(C(=O)Oc2cc(N)n(S(=O)(=O)c3ccc4ccccc4c3)n2)cc1[N+](=O)[O-]. The van der Waals surface area contributed by atoms with Crippen LogP contribution in [0.4, 0.5) is 11.5 Å². The van der Waals surface area contributed by atoms with E-state index >= 15 is 0 Å². The Morgan fingerprint density at radius 2 is 1.79 bits per heavy atom. The number of nitrogens with two attached hydrogens (primary N) is 1. The zero-order valence-electron chi connectivity index (χ0n) is 17.0. The summed E-state index contributed by atoms with van der Waals surface area (Å²) >= 11 is 0. The monoisotopic (exact) mass is 468 g/mol. The van der Waals surface area contributed by atoms with E-state index < -0.39 is 26.6 Å². The fraction of sp³-hybridized carbons (Fsp3) is 0.0476. The molecule has 0 spiro atoms. The number of nitrogen functional groups attached to an aromatic ring is 1. The first-order valence-electron chi connectivity index (χ1n) is 9.35. The van der Waals surface area contributed by atoms with Crippen molar-refractivity contribution in [1.82, 2.24) is 9.19 Å². The number of benzene rings is 3. The van der Waals surface area contributed by atoms with Crippen molar-refractivity contribution in [3.8, 4) is 11.6 Å². The van der Waals surface area contributed by atoms with Gasteiger partial charge in [0.05, 0.1) is 22.5 Å². The summed E-state index contributed by atoms with van der Waals surface area (Å²) in [6.07, 6.45) is 0. The van der Waals surface area contributed by atoms with Crippen LogP contribution in [0.1, 0.15) is 10.4 Å². The van der Waals surface area contributed by atoms with Crippen molar-refractivity contribution in [2.24, 2.45) is 0 Å². The molecule has 12 heteroatoms. The fourth-order valence-corrected chi connectivity index (χ4v) is 4.38. The number of ether oxygens (including phenoxy) is 2. The van der Waals surface area contributed by atoms with Crippen LogP contribution >= 0.6 is 0 Å². The van der Waals surface area contributed by atoms with Crippen LogP contribution in [0.15, 0.2) is 71.6 Å². The van der Waals surface area contributed by atoms with Gasteiger partial charge in [0, 0.05) is 12.1 Å². The second-order valence-electron chi connectivity index (χ2n) is 6.80. The zero-order valence-corrected chi connectivity index (χ0v) is 17.9. The van der Waals surface area contributed by atoms with Gasteiger partial charge in [-0.1, -0.05) is 30.3 Å². The molecule has 1 aromatic heterocycles. The number of hydrogen-bond acceptors (Lipinski definition) is 9. The lowest BCUT2D eigenvalue weighted by molar-refractivity contribution is -0.385. The summed E-state index contributed by atoms with van der Waals surface area (Å²) in [5.74, 6) is -1.70. The molecule has 3 aromatic carbocycles. The number of methoxy groups -OCH3 is 1. The number of hydrogen-bond donors (Lipinski definition) is 1. The zero-order chi connectivity index (χ0) is 23.8. The van der Waals surface area contributed by atoms with Crippen molar-refractivity contribution < 1.29 is 27.6 Å². The molecular formula is C21H16N4O7S. The van der Waals surface area contributed by atoms with Crippen molar-refractivity contribution in [3.63, 3.8) is 0 Å². The molecule has 0 saturated carbocycles. The van der Waals surface area contributed by atoms with E-state index in [1.807, 2.05) is 12.1 Å². The quantitative estimate of drug-likeness (QED) is 0.255. The second kappa shape index (κ2) is 8.24. The lowest BCUT2D eigenvalue weighted by atomic mass is 10.1. The molecule has 0 aliphatic carbocycles. The van der Waals surface area contributed by atoms with Gasteiger partial charge < -0.3 is 15.2 Å². The molecule has 0 fully saturated rings. The molecule has 0 aliphatic rings. The van der Waals surface area contributed by atoms with E-state index in [4.69, 9.17) is 15.2 Å². The molecule has 0 aliphatic heterocycles. The van der Waals surface area contributed by atoms with Gasteiger partial charge in [-0.25, -0.2) is 4.79 Å².